The number of hydrogen-bond acceptors (Lipinski definition) is 4. The molecule has 3 aromatic carbocycles. The van der Waals surface area contributed by atoms with Crippen LogP contribution in [0.15, 0.2) is 78.9 Å². The third-order valence-corrected chi connectivity index (χ3v) is 6.08. The largest absolute Gasteiger partial charge is 0.490 e. The molecular formula is C28H28F2N2O4. The molecule has 1 heterocycles. The summed E-state index contributed by atoms with van der Waals surface area (Å²) in [4.78, 5) is 29.5. The van der Waals surface area contributed by atoms with Crippen LogP contribution in [0.2, 0.25) is 0 Å². The molecule has 0 spiro atoms. The van der Waals surface area contributed by atoms with Gasteiger partial charge in [-0.2, -0.15) is 0 Å². The maximum atomic E-state index is 13.7. The number of hydrogen-bond donors (Lipinski definition) is 0. The SMILES string of the molecule is CN(Cc1ccccc1)C(=O)C[C@@]1(COc2ccc(F)cc2)CN(C(=O)c2cccc(F)c2)CCO1. The third-order valence-electron chi connectivity index (χ3n) is 6.08. The summed E-state index contributed by atoms with van der Waals surface area (Å²) < 4.78 is 39.1. The van der Waals surface area contributed by atoms with Crippen molar-refractivity contribution in [2.75, 3.05) is 33.4 Å². The van der Waals surface area contributed by atoms with Gasteiger partial charge in [0, 0.05) is 25.7 Å². The number of benzene rings is 3. The molecule has 1 saturated heterocycles. The highest BCUT2D eigenvalue weighted by Gasteiger charge is 2.42. The van der Waals surface area contributed by atoms with Gasteiger partial charge in [0.2, 0.25) is 5.91 Å². The van der Waals surface area contributed by atoms with Gasteiger partial charge in [-0.25, -0.2) is 8.78 Å². The van der Waals surface area contributed by atoms with Crippen LogP contribution < -0.4 is 4.74 Å². The number of carbonyl (C=O) groups excluding carboxylic acids is 2. The highest BCUT2D eigenvalue weighted by Crippen LogP contribution is 2.27. The van der Waals surface area contributed by atoms with Crippen LogP contribution in [-0.4, -0.2) is 60.6 Å². The highest BCUT2D eigenvalue weighted by atomic mass is 19.1. The molecule has 1 atom stereocenters. The lowest BCUT2D eigenvalue weighted by molar-refractivity contribution is -0.152. The Kier molecular flexibility index (Phi) is 7.95. The summed E-state index contributed by atoms with van der Waals surface area (Å²) >= 11 is 0. The van der Waals surface area contributed by atoms with Gasteiger partial charge >= 0.3 is 0 Å². The number of morpholine rings is 1. The van der Waals surface area contributed by atoms with Gasteiger partial charge in [0.15, 0.2) is 0 Å². The molecule has 1 fully saturated rings. The lowest BCUT2D eigenvalue weighted by Gasteiger charge is -2.42. The number of amides is 2. The van der Waals surface area contributed by atoms with Gasteiger partial charge in [0.25, 0.3) is 5.91 Å². The molecule has 1 aliphatic heterocycles. The summed E-state index contributed by atoms with van der Waals surface area (Å²) in [6.07, 6.45) is -0.0372. The van der Waals surface area contributed by atoms with E-state index in [1.807, 2.05) is 30.3 Å². The molecule has 4 rings (SSSR count). The topological polar surface area (TPSA) is 59.1 Å². The number of rotatable bonds is 8. The second-order valence-electron chi connectivity index (χ2n) is 8.92. The first-order valence-electron chi connectivity index (χ1n) is 11.7. The fourth-order valence-corrected chi connectivity index (χ4v) is 4.17. The Morgan fingerprint density at radius 1 is 1.00 bits per heavy atom. The molecule has 36 heavy (non-hydrogen) atoms. The minimum atomic E-state index is -1.14. The molecule has 0 aliphatic carbocycles. The summed E-state index contributed by atoms with van der Waals surface area (Å²) in [7, 11) is 1.71. The number of ether oxygens (including phenoxy) is 2. The van der Waals surface area contributed by atoms with Gasteiger partial charge in [-0.1, -0.05) is 36.4 Å². The molecule has 6 nitrogen and oxygen atoms in total. The summed E-state index contributed by atoms with van der Waals surface area (Å²) in [6.45, 7) is 0.941. The molecule has 0 unspecified atom stereocenters. The van der Waals surface area contributed by atoms with E-state index in [0.29, 0.717) is 18.8 Å². The van der Waals surface area contributed by atoms with Crippen molar-refractivity contribution >= 4 is 11.8 Å². The lowest BCUT2D eigenvalue weighted by Crippen LogP contribution is -2.58. The quantitative estimate of drug-likeness (QED) is 0.469. The Hall–Kier alpha value is -3.78. The summed E-state index contributed by atoms with van der Waals surface area (Å²) in [5.41, 5.74) is 0.0627. The van der Waals surface area contributed by atoms with E-state index in [2.05, 4.69) is 0 Å². The predicted molar refractivity (Wildman–Crippen MR) is 130 cm³/mol. The van der Waals surface area contributed by atoms with Crippen molar-refractivity contribution in [3.63, 3.8) is 0 Å². The molecule has 3 aromatic rings. The maximum Gasteiger partial charge on any atom is 0.254 e. The number of carbonyl (C=O) groups is 2. The van der Waals surface area contributed by atoms with Crippen LogP contribution in [0.4, 0.5) is 8.78 Å². The highest BCUT2D eigenvalue weighted by molar-refractivity contribution is 5.94. The summed E-state index contributed by atoms with van der Waals surface area (Å²) in [5.74, 6) is -1.01. The van der Waals surface area contributed by atoms with Crippen LogP contribution in [0, 0.1) is 11.6 Å². The third kappa shape index (κ3) is 6.46. The molecule has 0 radical (unpaired) electrons. The average Bonchev–Trinajstić information content (AvgIpc) is 2.88. The van der Waals surface area contributed by atoms with Crippen molar-refractivity contribution in [1.29, 1.82) is 0 Å². The fourth-order valence-electron chi connectivity index (χ4n) is 4.17. The maximum absolute atomic E-state index is 13.7. The number of nitrogens with zero attached hydrogens (tertiary/aromatic N) is 2. The molecule has 1 aliphatic rings. The van der Waals surface area contributed by atoms with E-state index in [-0.39, 0.29) is 43.6 Å². The van der Waals surface area contributed by atoms with Crippen molar-refractivity contribution in [2.24, 2.45) is 0 Å². The first kappa shape index (κ1) is 25.3. The van der Waals surface area contributed by atoms with Gasteiger partial charge < -0.3 is 19.3 Å². The zero-order chi connectivity index (χ0) is 25.5. The van der Waals surface area contributed by atoms with Crippen LogP contribution in [-0.2, 0) is 16.1 Å². The van der Waals surface area contributed by atoms with Crippen LogP contribution in [0.5, 0.6) is 5.75 Å². The van der Waals surface area contributed by atoms with Crippen LogP contribution >= 0.6 is 0 Å². The summed E-state index contributed by atoms with van der Waals surface area (Å²) in [5, 5.41) is 0. The van der Waals surface area contributed by atoms with E-state index < -0.39 is 17.2 Å². The first-order chi connectivity index (χ1) is 17.3. The minimum Gasteiger partial charge on any atom is -0.490 e. The Bertz CT molecular complexity index is 1190. The number of halogens is 2. The standard InChI is InChI=1S/C28H28F2N2O4/c1-31(18-21-6-3-2-4-7-21)26(33)17-28(20-35-25-12-10-23(29)11-13-25)19-32(14-15-36-28)27(34)22-8-5-9-24(30)16-22/h2-13,16H,14-15,17-20H2,1H3/t28-/m0/s1. The normalized spacial score (nSPS) is 17.5. The van der Waals surface area contributed by atoms with Crippen LogP contribution in [0.1, 0.15) is 22.3 Å². The molecule has 0 aromatic heterocycles. The minimum absolute atomic E-state index is 0.0313. The van der Waals surface area contributed by atoms with Crippen molar-refractivity contribution in [3.8, 4) is 5.75 Å². The van der Waals surface area contributed by atoms with E-state index in [1.165, 1.54) is 42.5 Å². The fraction of sp³-hybridized carbons (Fsp3) is 0.286. The van der Waals surface area contributed by atoms with E-state index in [4.69, 9.17) is 9.47 Å². The van der Waals surface area contributed by atoms with Gasteiger partial charge in [-0.3, -0.25) is 9.59 Å². The summed E-state index contributed by atoms with van der Waals surface area (Å²) in [6, 6.07) is 20.6. The molecule has 188 valence electrons. The molecule has 0 bridgehead atoms. The zero-order valence-electron chi connectivity index (χ0n) is 20.0. The second-order valence-corrected chi connectivity index (χ2v) is 8.92. The van der Waals surface area contributed by atoms with Gasteiger partial charge in [0.1, 0.15) is 29.6 Å². The molecular weight excluding hydrogens is 466 g/mol. The average molecular weight is 495 g/mol. The van der Waals surface area contributed by atoms with Gasteiger partial charge in [-0.15, -0.1) is 0 Å². The lowest BCUT2D eigenvalue weighted by atomic mass is 9.96. The Balaban J connectivity index is 1.53. The Morgan fingerprint density at radius 3 is 2.47 bits per heavy atom. The molecule has 2 amide bonds. The smallest absolute Gasteiger partial charge is 0.254 e. The van der Waals surface area contributed by atoms with Crippen molar-refractivity contribution in [2.45, 2.75) is 18.6 Å². The van der Waals surface area contributed by atoms with Crippen molar-refractivity contribution in [3.05, 3.63) is 102 Å². The Labute approximate surface area is 209 Å². The molecule has 0 saturated carbocycles. The predicted octanol–water partition coefficient (Wildman–Crippen LogP) is 4.30. The zero-order valence-corrected chi connectivity index (χ0v) is 20.0. The van der Waals surface area contributed by atoms with E-state index in [0.717, 1.165) is 5.56 Å². The van der Waals surface area contributed by atoms with E-state index >= 15 is 0 Å². The first-order valence-corrected chi connectivity index (χ1v) is 11.7. The van der Waals surface area contributed by atoms with E-state index in [1.54, 1.807) is 22.9 Å². The molecule has 0 N–H and O–H groups in total. The van der Waals surface area contributed by atoms with Crippen molar-refractivity contribution < 1.29 is 27.8 Å². The Morgan fingerprint density at radius 2 is 1.75 bits per heavy atom. The second kappa shape index (κ2) is 11.3. The van der Waals surface area contributed by atoms with Crippen molar-refractivity contribution in [1.82, 2.24) is 9.80 Å². The van der Waals surface area contributed by atoms with Gasteiger partial charge in [0.05, 0.1) is 19.6 Å². The monoisotopic (exact) mass is 494 g/mol. The molecule has 8 heteroatoms. The van der Waals surface area contributed by atoms with Crippen LogP contribution in [0.3, 0.4) is 0 Å². The van der Waals surface area contributed by atoms with E-state index in [9.17, 15) is 18.4 Å². The van der Waals surface area contributed by atoms with Gasteiger partial charge in [-0.05, 0) is 48.0 Å². The van der Waals surface area contributed by atoms with Crippen LogP contribution in [0.25, 0.3) is 0 Å².